The number of benzene rings is 6. The highest BCUT2D eigenvalue weighted by molar-refractivity contribution is 9.10. The Balaban J connectivity index is 1.19. The Morgan fingerprint density at radius 1 is 0.520 bits per heavy atom. The van der Waals surface area contributed by atoms with Gasteiger partial charge in [-0.2, -0.15) is 0 Å². The molecule has 0 atom stereocenters. The van der Waals surface area contributed by atoms with Gasteiger partial charge in [-0.05, 0) is 95.3 Å². The highest BCUT2D eigenvalue weighted by atomic mass is 79.9. The fourth-order valence-electron chi connectivity index (χ4n) is 5.84. The van der Waals surface area contributed by atoms with Crippen LogP contribution in [0.1, 0.15) is 11.1 Å². The zero-order valence-electron chi connectivity index (χ0n) is 26.8. The molecule has 0 spiro atoms. The maximum Gasteiger partial charge on any atom is 0.269 e. The Labute approximate surface area is 307 Å². The third-order valence-corrected chi connectivity index (χ3v) is 9.18. The molecule has 2 heterocycles. The third kappa shape index (κ3) is 6.94. The van der Waals surface area contributed by atoms with Crippen LogP contribution >= 0.6 is 31.9 Å². The number of halogens is 2. The molecule has 2 aliphatic rings. The number of para-hydroxylation sites is 4. The first-order valence-electron chi connectivity index (χ1n) is 16.1. The summed E-state index contributed by atoms with van der Waals surface area (Å²) in [7, 11) is 0. The number of hydrogen-bond donors (Lipinski definition) is 0. The van der Waals surface area contributed by atoms with E-state index < -0.39 is 0 Å². The monoisotopic (exact) mass is 780 g/mol. The molecule has 6 aromatic rings. The summed E-state index contributed by atoms with van der Waals surface area (Å²) in [6.07, 6.45) is 0. The molecule has 0 saturated carbocycles. The van der Waals surface area contributed by atoms with Crippen LogP contribution in [0, 0.1) is 0 Å². The van der Waals surface area contributed by atoms with Crippen molar-refractivity contribution in [3.05, 3.63) is 183 Å². The van der Waals surface area contributed by atoms with Gasteiger partial charge >= 0.3 is 0 Å². The lowest BCUT2D eigenvalue weighted by Crippen LogP contribution is -2.39. The van der Waals surface area contributed by atoms with Crippen molar-refractivity contribution in [2.24, 2.45) is 15.3 Å². The quantitative estimate of drug-likeness (QED) is 0.152. The van der Waals surface area contributed by atoms with E-state index in [1.54, 1.807) is 0 Å². The van der Waals surface area contributed by atoms with Gasteiger partial charge in [0.05, 0.1) is 12.4 Å². The number of anilines is 3. The van der Waals surface area contributed by atoms with Crippen LogP contribution in [0.4, 0.5) is 22.7 Å². The number of azo groups is 2. The standard InChI is InChI=1S/C40H30Br2N8/c41-33-23-29(21-31(25-33)39-43-47(35-13-5-1-6-14-35)27-48(44-39)36-15-7-2-8-16-36)30-22-32(26-34(42)24-30)40-45-49(37-17-9-3-10-18-37)28-50(46-40)38-19-11-4-12-20-38/h1-26H,27-28H2. The second-order valence-electron chi connectivity index (χ2n) is 11.7. The molecular weight excluding hydrogens is 752 g/mol. The van der Waals surface area contributed by atoms with Crippen molar-refractivity contribution in [3.63, 3.8) is 0 Å². The van der Waals surface area contributed by atoms with Crippen LogP contribution in [0.2, 0.25) is 0 Å². The van der Waals surface area contributed by atoms with Gasteiger partial charge in [-0.3, -0.25) is 0 Å². The summed E-state index contributed by atoms with van der Waals surface area (Å²) in [5, 5.41) is 21.0. The summed E-state index contributed by atoms with van der Waals surface area (Å²) in [6.45, 7) is 0.970. The SMILES string of the molecule is Brc1cc(C2=NN(c3ccccc3)C[N+](c3ccccc3)=N2)cc(-c2cc(Br)cc(C3=NN(c4ccccc4)CN(c4ccccc4)[N-]3)c2)c1. The third-order valence-electron chi connectivity index (χ3n) is 8.26. The van der Waals surface area contributed by atoms with E-state index in [0.717, 1.165) is 53.9 Å². The highest BCUT2D eigenvalue weighted by Gasteiger charge is 2.26. The van der Waals surface area contributed by atoms with Crippen LogP contribution in [0.25, 0.3) is 16.6 Å². The Morgan fingerprint density at radius 2 is 1.02 bits per heavy atom. The molecule has 0 bridgehead atoms. The van der Waals surface area contributed by atoms with Crippen molar-refractivity contribution in [1.29, 1.82) is 0 Å². The van der Waals surface area contributed by atoms with E-state index in [9.17, 15) is 0 Å². The summed E-state index contributed by atoms with van der Waals surface area (Å²) < 4.78 is 3.81. The topological polar surface area (TPSA) is 63.9 Å². The number of hydrogen-bond acceptors (Lipinski definition) is 6. The maximum atomic E-state index is 5.02. The fourth-order valence-corrected chi connectivity index (χ4v) is 6.82. The molecule has 0 N–H and O–H groups in total. The second kappa shape index (κ2) is 14.1. The molecule has 0 fully saturated rings. The van der Waals surface area contributed by atoms with Crippen molar-refractivity contribution in [1.82, 2.24) is 0 Å². The maximum absolute atomic E-state index is 5.02. The van der Waals surface area contributed by atoms with Crippen LogP contribution in [0.5, 0.6) is 0 Å². The molecule has 0 radical (unpaired) electrons. The zero-order chi connectivity index (χ0) is 33.9. The molecule has 0 unspecified atom stereocenters. The van der Waals surface area contributed by atoms with E-state index in [0.29, 0.717) is 25.0 Å². The molecular formula is C40H30Br2N8. The van der Waals surface area contributed by atoms with Crippen LogP contribution in [-0.2, 0) is 0 Å². The number of amidine groups is 2. The smallest absolute Gasteiger partial charge is 0.269 e. The molecule has 0 aromatic heterocycles. The van der Waals surface area contributed by atoms with Crippen molar-refractivity contribution in [2.75, 3.05) is 28.4 Å². The van der Waals surface area contributed by atoms with Crippen molar-refractivity contribution in [2.45, 2.75) is 0 Å². The molecule has 10 heteroatoms. The first kappa shape index (κ1) is 31.7. The number of rotatable bonds is 7. The Hall–Kier alpha value is -5.58. The number of hydrazone groups is 2. The van der Waals surface area contributed by atoms with Gasteiger partial charge in [0.25, 0.3) is 6.67 Å². The summed E-state index contributed by atoms with van der Waals surface area (Å²) >= 11 is 7.57. The minimum atomic E-state index is 0.485. The van der Waals surface area contributed by atoms with Gasteiger partial charge in [0.1, 0.15) is 0 Å². The molecule has 0 amide bonds. The average Bonchev–Trinajstić information content (AvgIpc) is 3.18. The predicted octanol–water partition coefficient (Wildman–Crippen LogP) is 10.7. The molecule has 0 saturated heterocycles. The summed E-state index contributed by atoms with van der Waals surface area (Å²) in [5.74, 6) is 1.20. The molecule has 50 heavy (non-hydrogen) atoms. The molecule has 6 aromatic carbocycles. The van der Waals surface area contributed by atoms with Gasteiger partial charge < -0.3 is 20.5 Å². The van der Waals surface area contributed by atoms with E-state index in [1.807, 2.05) is 92.5 Å². The summed E-state index contributed by atoms with van der Waals surface area (Å²) in [4.78, 5) is 0. The van der Waals surface area contributed by atoms with Crippen molar-refractivity contribution in [3.8, 4) is 11.1 Å². The lowest BCUT2D eigenvalue weighted by Gasteiger charge is -2.45. The Kier molecular flexibility index (Phi) is 8.94. The van der Waals surface area contributed by atoms with E-state index >= 15 is 0 Å². The molecule has 2 aliphatic heterocycles. The summed E-state index contributed by atoms with van der Waals surface area (Å²) in [5.41, 5.74) is 12.7. The minimum Gasteiger partial charge on any atom is -0.371 e. The average molecular weight is 783 g/mol. The lowest BCUT2D eigenvalue weighted by atomic mass is 10.0. The minimum absolute atomic E-state index is 0.485. The van der Waals surface area contributed by atoms with E-state index in [1.165, 1.54) is 0 Å². The fraction of sp³-hybridized carbons (Fsp3) is 0.0500. The van der Waals surface area contributed by atoms with Crippen LogP contribution in [0.3, 0.4) is 0 Å². The van der Waals surface area contributed by atoms with Crippen LogP contribution < -0.4 is 15.0 Å². The second-order valence-corrected chi connectivity index (χ2v) is 13.6. The molecule has 0 aliphatic carbocycles. The first-order valence-corrected chi connectivity index (χ1v) is 17.7. The van der Waals surface area contributed by atoms with Crippen LogP contribution in [-0.4, -0.2) is 29.7 Å². The first-order chi connectivity index (χ1) is 24.6. The lowest BCUT2D eigenvalue weighted by molar-refractivity contribution is -0.508. The van der Waals surface area contributed by atoms with Crippen molar-refractivity contribution < 1.29 is 4.70 Å². The molecule has 8 rings (SSSR count). The molecule has 244 valence electrons. The zero-order valence-corrected chi connectivity index (χ0v) is 29.9. The van der Waals surface area contributed by atoms with Gasteiger partial charge in [-0.1, -0.05) is 109 Å². The van der Waals surface area contributed by atoms with E-state index in [4.69, 9.17) is 20.7 Å². The normalized spacial score (nSPS) is 14.4. The Morgan fingerprint density at radius 3 is 1.64 bits per heavy atom. The van der Waals surface area contributed by atoms with E-state index in [2.05, 4.69) is 117 Å². The number of nitrogens with zero attached hydrogens (tertiary/aromatic N) is 8. The van der Waals surface area contributed by atoms with Gasteiger partial charge in [0.2, 0.25) is 11.5 Å². The Bertz CT molecular complexity index is 2230. The highest BCUT2D eigenvalue weighted by Crippen LogP contribution is 2.33. The molecule has 8 nitrogen and oxygen atoms in total. The van der Waals surface area contributed by atoms with Gasteiger partial charge in [-0.25, -0.2) is 5.01 Å². The largest absolute Gasteiger partial charge is 0.371 e. The van der Waals surface area contributed by atoms with Gasteiger partial charge in [-0.15, -0.1) is 5.10 Å². The predicted molar refractivity (Wildman–Crippen MR) is 209 cm³/mol. The van der Waals surface area contributed by atoms with Crippen LogP contribution in [0.15, 0.2) is 182 Å². The summed E-state index contributed by atoms with van der Waals surface area (Å²) in [6, 6.07) is 53.2. The van der Waals surface area contributed by atoms with Crippen molar-refractivity contribution >= 4 is 66.3 Å². The van der Waals surface area contributed by atoms with Gasteiger partial charge in [0, 0.05) is 43.1 Å². The van der Waals surface area contributed by atoms with E-state index in [-0.39, 0.29) is 0 Å². The van der Waals surface area contributed by atoms with Gasteiger partial charge in [0.15, 0.2) is 0 Å².